The minimum atomic E-state index is -0.201. The van der Waals surface area contributed by atoms with E-state index in [1.165, 1.54) is 10.5 Å². The van der Waals surface area contributed by atoms with E-state index in [4.69, 9.17) is 5.11 Å². The van der Waals surface area contributed by atoms with Crippen molar-refractivity contribution in [3.05, 3.63) is 29.8 Å². The number of aliphatic hydroxyl groups excluding tert-OH is 1. The van der Waals surface area contributed by atoms with Gasteiger partial charge in [-0.2, -0.15) is 0 Å². The van der Waals surface area contributed by atoms with E-state index in [2.05, 4.69) is 22.8 Å². The Morgan fingerprint density at radius 3 is 3.05 bits per heavy atom. The maximum atomic E-state index is 11.9. The number of thioether (sulfide) groups is 1. The van der Waals surface area contributed by atoms with Gasteiger partial charge in [0.25, 0.3) is 0 Å². The van der Waals surface area contributed by atoms with Crippen LogP contribution in [-0.4, -0.2) is 29.5 Å². The van der Waals surface area contributed by atoms with Crippen molar-refractivity contribution in [1.82, 2.24) is 10.6 Å². The van der Waals surface area contributed by atoms with Gasteiger partial charge in [0.05, 0.1) is 18.7 Å². The number of nitrogens with one attached hydrogen (secondary N) is 2. The van der Waals surface area contributed by atoms with Crippen LogP contribution in [0.3, 0.4) is 0 Å². The summed E-state index contributed by atoms with van der Waals surface area (Å²) in [5.41, 5.74) is 1.19. The van der Waals surface area contributed by atoms with Gasteiger partial charge in [-0.3, -0.25) is 0 Å². The number of fused-ring (bicyclic) bond motifs is 1. The number of hydrogen-bond acceptors (Lipinski definition) is 3. The molecule has 19 heavy (non-hydrogen) atoms. The van der Waals surface area contributed by atoms with Gasteiger partial charge in [-0.05, 0) is 24.5 Å². The molecule has 1 aromatic carbocycles. The summed E-state index contributed by atoms with van der Waals surface area (Å²) in [5, 5.41) is 14.9. The highest BCUT2D eigenvalue weighted by Gasteiger charge is 2.22. The van der Waals surface area contributed by atoms with Crippen molar-refractivity contribution in [1.29, 1.82) is 0 Å². The van der Waals surface area contributed by atoms with E-state index in [1.54, 1.807) is 0 Å². The number of rotatable bonds is 4. The van der Waals surface area contributed by atoms with Gasteiger partial charge in [-0.25, -0.2) is 4.79 Å². The Balaban J connectivity index is 1.99. The Labute approximate surface area is 118 Å². The first-order valence-corrected chi connectivity index (χ1v) is 7.62. The van der Waals surface area contributed by atoms with Crippen molar-refractivity contribution in [2.24, 2.45) is 0 Å². The molecule has 104 valence electrons. The molecule has 0 saturated carbocycles. The predicted molar refractivity (Wildman–Crippen MR) is 77.4 cm³/mol. The molecular weight excluding hydrogens is 260 g/mol. The first kappa shape index (κ1) is 14.2. The zero-order valence-corrected chi connectivity index (χ0v) is 11.9. The molecule has 0 spiro atoms. The third kappa shape index (κ3) is 3.64. The van der Waals surface area contributed by atoms with E-state index in [0.717, 1.165) is 18.6 Å². The zero-order chi connectivity index (χ0) is 13.7. The van der Waals surface area contributed by atoms with Crippen LogP contribution in [0, 0.1) is 0 Å². The van der Waals surface area contributed by atoms with E-state index in [9.17, 15) is 4.79 Å². The first-order chi connectivity index (χ1) is 9.24. The van der Waals surface area contributed by atoms with Gasteiger partial charge in [0.15, 0.2) is 0 Å². The van der Waals surface area contributed by atoms with Gasteiger partial charge in [0.1, 0.15) is 0 Å². The number of carbonyl (C=O) groups excluding carboxylic acids is 1. The normalized spacial score (nSPS) is 19.4. The highest BCUT2D eigenvalue weighted by molar-refractivity contribution is 7.99. The number of hydrogen-bond donors (Lipinski definition) is 3. The van der Waals surface area contributed by atoms with Gasteiger partial charge < -0.3 is 15.7 Å². The fraction of sp³-hybridized carbons (Fsp3) is 0.500. The molecule has 1 aromatic rings. The molecule has 0 fully saturated rings. The third-order valence-corrected chi connectivity index (χ3v) is 4.43. The van der Waals surface area contributed by atoms with Crippen LogP contribution in [0.1, 0.15) is 31.4 Å². The number of carbonyl (C=O) groups is 1. The van der Waals surface area contributed by atoms with Gasteiger partial charge in [-0.15, -0.1) is 11.8 Å². The molecule has 0 aliphatic carbocycles. The average molecular weight is 280 g/mol. The van der Waals surface area contributed by atoms with Crippen LogP contribution in [0.4, 0.5) is 4.79 Å². The summed E-state index contributed by atoms with van der Waals surface area (Å²) in [4.78, 5) is 13.2. The average Bonchev–Trinajstić information content (AvgIpc) is 2.45. The Bertz CT molecular complexity index is 435. The van der Waals surface area contributed by atoms with Gasteiger partial charge in [0.2, 0.25) is 0 Å². The molecule has 0 aromatic heterocycles. The third-order valence-electron chi connectivity index (χ3n) is 3.31. The second kappa shape index (κ2) is 6.82. The lowest BCUT2D eigenvalue weighted by Gasteiger charge is -2.26. The summed E-state index contributed by atoms with van der Waals surface area (Å²) in [7, 11) is 0. The van der Waals surface area contributed by atoms with Crippen molar-refractivity contribution in [3.63, 3.8) is 0 Å². The maximum Gasteiger partial charge on any atom is 0.315 e. The highest BCUT2D eigenvalue weighted by Crippen LogP contribution is 2.35. The molecule has 2 rings (SSSR count). The van der Waals surface area contributed by atoms with E-state index in [0.29, 0.717) is 0 Å². The fourth-order valence-electron chi connectivity index (χ4n) is 2.15. The lowest BCUT2D eigenvalue weighted by atomic mass is 10.0. The molecule has 2 atom stereocenters. The summed E-state index contributed by atoms with van der Waals surface area (Å²) < 4.78 is 0. The van der Waals surface area contributed by atoms with Crippen LogP contribution < -0.4 is 10.6 Å². The second-order valence-corrected chi connectivity index (χ2v) is 5.77. The number of amides is 2. The lowest BCUT2D eigenvalue weighted by molar-refractivity contribution is 0.211. The van der Waals surface area contributed by atoms with Crippen LogP contribution in [0.5, 0.6) is 0 Å². The molecule has 1 aliphatic heterocycles. The standard InChI is InChI=1S/C14H20N2O2S/c1-2-10(9-17)15-14(18)16-12-7-8-19-13-6-4-3-5-11(12)13/h3-6,10,12,17H,2,7-9H2,1H3,(H2,15,16,18)/t10-,12-/m1/s1. The summed E-state index contributed by atoms with van der Waals surface area (Å²) in [5.74, 6) is 1.01. The van der Waals surface area contributed by atoms with Crippen molar-refractivity contribution in [2.45, 2.75) is 36.7 Å². The minimum absolute atomic E-state index is 0.0268. The molecule has 1 aliphatic rings. The van der Waals surface area contributed by atoms with Crippen molar-refractivity contribution in [3.8, 4) is 0 Å². The monoisotopic (exact) mass is 280 g/mol. The van der Waals surface area contributed by atoms with Crippen LogP contribution in [0.15, 0.2) is 29.2 Å². The van der Waals surface area contributed by atoms with E-state index in [1.807, 2.05) is 30.8 Å². The molecule has 0 bridgehead atoms. The Kier molecular flexibility index (Phi) is 5.10. The van der Waals surface area contributed by atoms with Crippen molar-refractivity contribution >= 4 is 17.8 Å². The van der Waals surface area contributed by atoms with Crippen LogP contribution in [0.25, 0.3) is 0 Å². The maximum absolute atomic E-state index is 11.9. The summed E-state index contributed by atoms with van der Waals surface area (Å²) in [6, 6.07) is 7.87. The van der Waals surface area contributed by atoms with Crippen molar-refractivity contribution < 1.29 is 9.90 Å². The number of aliphatic hydroxyl groups is 1. The predicted octanol–water partition coefficient (Wildman–Crippen LogP) is 2.29. The highest BCUT2D eigenvalue weighted by atomic mass is 32.2. The molecule has 0 unspecified atom stereocenters. The van der Waals surface area contributed by atoms with Crippen molar-refractivity contribution in [2.75, 3.05) is 12.4 Å². The van der Waals surface area contributed by atoms with E-state index < -0.39 is 0 Å². The lowest BCUT2D eigenvalue weighted by Crippen LogP contribution is -2.45. The molecule has 3 N–H and O–H groups in total. The Morgan fingerprint density at radius 2 is 2.32 bits per heavy atom. The van der Waals surface area contributed by atoms with Crippen LogP contribution >= 0.6 is 11.8 Å². The van der Waals surface area contributed by atoms with Gasteiger partial charge in [0, 0.05) is 10.6 Å². The minimum Gasteiger partial charge on any atom is -0.394 e. The van der Waals surface area contributed by atoms with Gasteiger partial charge >= 0.3 is 6.03 Å². The summed E-state index contributed by atoms with van der Waals surface area (Å²) in [6.07, 6.45) is 1.66. The topological polar surface area (TPSA) is 61.4 Å². The summed E-state index contributed by atoms with van der Waals surface area (Å²) in [6.45, 7) is 1.91. The molecule has 4 nitrogen and oxygen atoms in total. The largest absolute Gasteiger partial charge is 0.394 e. The Hall–Kier alpha value is -1.20. The van der Waals surface area contributed by atoms with Crippen LogP contribution in [0.2, 0.25) is 0 Å². The van der Waals surface area contributed by atoms with Crippen LogP contribution in [-0.2, 0) is 0 Å². The number of urea groups is 1. The second-order valence-electron chi connectivity index (χ2n) is 4.63. The molecule has 5 heteroatoms. The molecule has 0 saturated heterocycles. The smallest absolute Gasteiger partial charge is 0.315 e. The van der Waals surface area contributed by atoms with Gasteiger partial charge in [-0.1, -0.05) is 25.1 Å². The van der Waals surface area contributed by atoms with E-state index in [-0.39, 0.29) is 24.7 Å². The first-order valence-electron chi connectivity index (χ1n) is 6.64. The molecule has 2 amide bonds. The summed E-state index contributed by atoms with van der Waals surface area (Å²) >= 11 is 1.83. The quantitative estimate of drug-likeness (QED) is 0.793. The fourth-order valence-corrected chi connectivity index (χ4v) is 3.28. The SMILES string of the molecule is CC[C@H](CO)NC(=O)N[C@@H]1CCSc2ccccc21. The zero-order valence-electron chi connectivity index (χ0n) is 11.1. The number of benzene rings is 1. The molecule has 1 heterocycles. The molecular formula is C14H20N2O2S. The Morgan fingerprint density at radius 1 is 1.53 bits per heavy atom. The van der Waals surface area contributed by atoms with E-state index >= 15 is 0 Å². The molecule has 0 radical (unpaired) electrons.